The van der Waals surface area contributed by atoms with Crippen LogP contribution in [0.1, 0.15) is 11.1 Å². The number of hydrogen-bond acceptors (Lipinski definition) is 2. The van der Waals surface area contributed by atoms with E-state index in [9.17, 15) is 0 Å². The fourth-order valence-electron chi connectivity index (χ4n) is 1.99. The Hall–Kier alpha value is -1.32. The molecule has 0 bridgehead atoms. The maximum absolute atomic E-state index is 6.00. The summed E-state index contributed by atoms with van der Waals surface area (Å²) in [7, 11) is 0. The fourth-order valence-corrected chi connectivity index (χ4v) is 2.78. The van der Waals surface area contributed by atoms with Gasteiger partial charge < -0.3 is 4.42 Å². The maximum Gasteiger partial charge on any atom is 0.227 e. The average molecular weight is 337 g/mol. The summed E-state index contributed by atoms with van der Waals surface area (Å²) in [5.41, 5.74) is 4.86. The molecule has 19 heavy (non-hydrogen) atoms. The highest BCUT2D eigenvalue weighted by Gasteiger charge is 2.14. The number of nitrogens with zero attached hydrogens (tertiary/aromatic N) is 1. The Kier molecular flexibility index (Phi) is 3.11. The highest BCUT2D eigenvalue weighted by molar-refractivity contribution is 9.10. The standard InChI is InChI=1S/C15H11BrClNO/c1-8-6-12-14(13(16)9(8)2)19-15(18-12)10-4-3-5-11(17)7-10/h3-7H,1-2H3. The lowest BCUT2D eigenvalue weighted by Crippen LogP contribution is -1.83. The first-order valence-corrected chi connectivity index (χ1v) is 7.05. The third kappa shape index (κ3) is 2.17. The van der Waals surface area contributed by atoms with Crippen LogP contribution in [0, 0.1) is 13.8 Å². The molecule has 0 saturated heterocycles. The summed E-state index contributed by atoms with van der Waals surface area (Å²) in [5.74, 6) is 0.586. The summed E-state index contributed by atoms with van der Waals surface area (Å²) >= 11 is 9.57. The molecule has 3 rings (SSSR count). The molecule has 0 atom stereocenters. The summed E-state index contributed by atoms with van der Waals surface area (Å²) in [6, 6.07) is 9.53. The molecule has 96 valence electrons. The lowest BCUT2D eigenvalue weighted by molar-refractivity contribution is 0.617. The Morgan fingerprint density at radius 1 is 1.21 bits per heavy atom. The number of fused-ring (bicyclic) bond motifs is 1. The number of benzene rings is 2. The molecule has 0 amide bonds. The first-order valence-electron chi connectivity index (χ1n) is 5.88. The van der Waals surface area contributed by atoms with Gasteiger partial charge in [-0.2, -0.15) is 0 Å². The Labute approximate surface area is 124 Å². The zero-order chi connectivity index (χ0) is 13.6. The highest BCUT2D eigenvalue weighted by Crippen LogP contribution is 2.33. The lowest BCUT2D eigenvalue weighted by Gasteiger charge is -2.01. The van der Waals surface area contributed by atoms with Crippen LogP contribution in [0.5, 0.6) is 0 Å². The van der Waals surface area contributed by atoms with Crippen molar-refractivity contribution in [3.63, 3.8) is 0 Å². The molecular weight excluding hydrogens is 326 g/mol. The van der Waals surface area contributed by atoms with Gasteiger partial charge >= 0.3 is 0 Å². The van der Waals surface area contributed by atoms with Crippen LogP contribution >= 0.6 is 27.5 Å². The normalized spacial score (nSPS) is 11.2. The van der Waals surface area contributed by atoms with Crippen molar-refractivity contribution >= 4 is 38.6 Å². The first-order chi connectivity index (χ1) is 9.06. The number of aromatic nitrogens is 1. The third-order valence-corrected chi connectivity index (χ3v) is 4.39. The molecule has 0 unspecified atom stereocenters. The second-order valence-electron chi connectivity index (χ2n) is 4.51. The van der Waals surface area contributed by atoms with Crippen molar-refractivity contribution in [2.45, 2.75) is 13.8 Å². The van der Waals surface area contributed by atoms with Crippen LogP contribution in [0.2, 0.25) is 5.02 Å². The maximum atomic E-state index is 6.00. The third-order valence-electron chi connectivity index (χ3n) is 3.20. The summed E-state index contributed by atoms with van der Waals surface area (Å²) in [6.07, 6.45) is 0. The molecular formula is C15H11BrClNO. The average Bonchev–Trinajstić information content (AvgIpc) is 2.80. The number of rotatable bonds is 1. The molecule has 2 nitrogen and oxygen atoms in total. The first kappa shape index (κ1) is 12.7. The van der Waals surface area contributed by atoms with E-state index in [1.54, 1.807) is 0 Å². The number of aryl methyl sites for hydroxylation is 1. The topological polar surface area (TPSA) is 26.0 Å². The van der Waals surface area contributed by atoms with Crippen LogP contribution in [-0.2, 0) is 0 Å². The van der Waals surface area contributed by atoms with Crippen molar-refractivity contribution in [2.24, 2.45) is 0 Å². The number of oxazole rings is 1. The molecule has 0 aliphatic rings. The Balaban J connectivity index is 2.25. The van der Waals surface area contributed by atoms with E-state index < -0.39 is 0 Å². The lowest BCUT2D eigenvalue weighted by atomic mass is 10.1. The van der Waals surface area contributed by atoms with Crippen molar-refractivity contribution < 1.29 is 4.42 Å². The fraction of sp³-hybridized carbons (Fsp3) is 0.133. The van der Waals surface area contributed by atoms with Gasteiger partial charge in [0.05, 0.1) is 4.47 Å². The number of halogens is 2. The summed E-state index contributed by atoms with van der Waals surface area (Å²) in [5, 5.41) is 0.672. The molecule has 0 radical (unpaired) electrons. The minimum absolute atomic E-state index is 0.586. The van der Waals surface area contributed by atoms with Gasteiger partial charge in [0.2, 0.25) is 5.89 Å². The quantitative estimate of drug-likeness (QED) is 0.584. The summed E-state index contributed by atoms with van der Waals surface area (Å²) < 4.78 is 6.82. The number of hydrogen-bond donors (Lipinski definition) is 0. The van der Waals surface area contributed by atoms with Crippen molar-refractivity contribution in [3.8, 4) is 11.5 Å². The van der Waals surface area contributed by atoms with Crippen LogP contribution in [0.15, 0.2) is 39.2 Å². The van der Waals surface area contributed by atoms with Gasteiger partial charge in [0.25, 0.3) is 0 Å². The zero-order valence-corrected chi connectivity index (χ0v) is 12.8. The second kappa shape index (κ2) is 4.66. The van der Waals surface area contributed by atoms with E-state index in [0.717, 1.165) is 21.1 Å². The predicted molar refractivity (Wildman–Crippen MR) is 81.6 cm³/mol. The van der Waals surface area contributed by atoms with Crippen LogP contribution in [0.3, 0.4) is 0 Å². The Morgan fingerprint density at radius 3 is 2.74 bits per heavy atom. The summed E-state index contributed by atoms with van der Waals surface area (Å²) in [4.78, 5) is 4.53. The zero-order valence-electron chi connectivity index (χ0n) is 10.5. The molecule has 1 aromatic heterocycles. The van der Waals surface area contributed by atoms with E-state index in [-0.39, 0.29) is 0 Å². The Morgan fingerprint density at radius 2 is 2.00 bits per heavy atom. The Bertz CT molecular complexity index is 779. The minimum atomic E-state index is 0.586. The molecule has 0 saturated carbocycles. The van der Waals surface area contributed by atoms with E-state index in [0.29, 0.717) is 10.9 Å². The van der Waals surface area contributed by atoms with E-state index in [4.69, 9.17) is 16.0 Å². The van der Waals surface area contributed by atoms with Crippen LogP contribution in [-0.4, -0.2) is 4.98 Å². The van der Waals surface area contributed by atoms with Gasteiger partial charge in [0, 0.05) is 10.6 Å². The molecule has 0 fully saturated rings. The van der Waals surface area contributed by atoms with Gasteiger partial charge in [-0.1, -0.05) is 17.7 Å². The summed E-state index contributed by atoms with van der Waals surface area (Å²) in [6.45, 7) is 4.12. The molecule has 4 heteroatoms. The van der Waals surface area contributed by atoms with Gasteiger partial charge in [-0.05, 0) is 65.2 Å². The van der Waals surface area contributed by atoms with Crippen LogP contribution in [0.4, 0.5) is 0 Å². The van der Waals surface area contributed by atoms with Gasteiger partial charge in [0.15, 0.2) is 5.58 Å². The van der Waals surface area contributed by atoms with Crippen LogP contribution < -0.4 is 0 Å². The van der Waals surface area contributed by atoms with Gasteiger partial charge in [-0.3, -0.25) is 0 Å². The van der Waals surface area contributed by atoms with E-state index in [1.807, 2.05) is 30.3 Å². The monoisotopic (exact) mass is 335 g/mol. The van der Waals surface area contributed by atoms with E-state index in [1.165, 1.54) is 11.1 Å². The molecule has 0 aliphatic heterocycles. The van der Waals surface area contributed by atoms with Crippen LogP contribution in [0.25, 0.3) is 22.6 Å². The predicted octanol–water partition coefficient (Wildman–Crippen LogP) is 5.53. The van der Waals surface area contributed by atoms with Crippen molar-refractivity contribution in [1.29, 1.82) is 0 Å². The van der Waals surface area contributed by atoms with Gasteiger partial charge in [0.1, 0.15) is 5.52 Å². The highest BCUT2D eigenvalue weighted by atomic mass is 79.9. The van der Waals surface area contributed by atoms with Crippen molar-refractivity contribution in [1.82, 2.24) is 4.98 Å². The van der Waals surface area contributed by atoms with Crippen molar-refractivity contribution in [2.75, 3.05) is 0 Å². The van der Waals surface area contributed by atoms with Gasteiger partial charge in [-0.25, -0.2) is 4.98 Å². The van der Waals surface area contributed by atoms with Gasteiger partial charge in [-0.15, -0.1) is 0 Å². The molecule has 1 heterocycles. The van der Waals surface area contributed by atoms with E-state index >= 15 is 0 Å². The molecule has 0 N–H and O–H groups in total. The molecule has 0 spiro atoms. The second-order valence-corrected chi connectivity index (χ2v) is 5.74. The largest absolute Gasteiger partial charge is 0.435 e. The minimum Gasteiger partial charge on any atom is -0.435 e. The van der Waals surface area contributed by atoms with E-state index in [2.05, 4.69) is 34.8 Å². The molecule has 0 aliphatic carbocycles. The van der Waals surface area contributed by atoms with Crippen molar-refractivity contribution in [3.05, 3.63) is 51.0 Å². The SMILES string of the molecule is Cc1cc2nc(-c3cccc(Cl)c3)oc2c(Br)c1C. The smallest absolute Gasteiger partial charge is 0.227 e. The molecule has 2 aromatic carbocycles. The molecule has 3 aromatic rings.